The van der Waals surface area contributed by atoms with E-state index in [9.17, 15) is 0 Å². The summed E-state index contributed by atoms with van der Waals surface area (Å²) < 4.78 is 0. The number of nitrogens with one attached hydrogen (secondary N) is 3. The van der Waals surface area contributed by atoms with Gasteiger partial charge < -0.3 is 5.43 Å². The molecule has 1 saturated heterocycles. The van der Waals surface area contributed by atoms with Crippen molar-refractivity contribution in [1.29, 1.82) is 0 Å². The normalized spacial score (nSPS) is 21.0. The van der Waals surface area contributed by atoms with Crippen LogP contribution in [0.5, 0.6) is 0 Å². The summed E-state index contributed by atoms with van der Waals surface area (Å²) in [6, 6.07) is 0. The van der Waals surface area contributed by atoms with Crippen LogP contribution in [0.15, 0.2) is 12.3 Å². The highest BCUT2D eigenvalue weighted by Gasteiger charge is 1.95. The molecule has 1 fully saturated rings. The van der Waals surface area contributed by atoms with E-state index >= 15 is 0 Å². The highest BCUT2D eigenvalue weighted by molar-refractivity contribution is 4.94. The first-order valence-electron chi connectivity index (χ1n) is 1.81. The predicted molar refractivity (Wildman–Crippen MR) is 23.4 cm³/mol. The van der Waals surface area contributed by atoms with Gasteiger partial charge in [0.2, 0.25) is 0 Å². The van der Waals surface area contributed by atoms with Gasteiger partial charge in [-0.3, -0.25) is 0 Å². The fraction of sp³-hybridized carbons (Fsp3) is 0.333. The highest BCUT2D eigenvalue weighted by atomic mass is 15.6. The second-order valence-corrected chi connectivity index (χ2v) is 1.21. The maximum atomic E-state index is 3.62. The minimum Gasteiger partial charge on any atom is -0.312 e. The number of hydrogen-bond donors (Lipinski definition) is 3. The Morgan fingerprint density at radius 2 is 2.50 bits per heavy atom. The van der Waals surface area contributed by atoms with Crippen molar-refractivity contribution in [3.63, 3.8) is 0 Å². The van der Waals surface area contributed by atoms with Gasteiger partial charge in [0.15, 0.2) is 0 Å². The Morgan fingerprint density at radius 3 is 2.67 bits per heavy atom. The highest BCUT2D eigenvalue weighted by Crippen LogP contribution is 1.78. The van der Waals surface area contributed by atoms with Crippen molar-refractivity contribution in [1.82, 2.24) is 16.4 Å². The molecule has 34 valence electrons. The molecule has 3 N–H and O–H groups in total. The van der Waals surface area contributed by atoms with Crippen LogP contribution in [0.25, 0.3) is 0 Å². The molecule has 0 radical (unpaired) electrons. The van der Waals surface area contributed by atoms with Gasteiger partial charge in [0.1, 0.15) is 0 Å². The van der Waals surface area contributed by atoms with E-state index in [0.717, 1.165) is 12.2 Å². The zero-order valence-electron chi connectivity index (χ0n) is 3.41. The van der Waals surface area contributed by atoms with E-state index in [1.165, 1.54) is 0 Å². The minimum atomic E-state index is 0.819. The molecule has 1 aliphatic rings. The first-order chi connectivity index (χ1) is 2.89. The lowest BCUT2D eigenvalue weighted by Gasteiger charge is -1.86. The van der Waals surface area contributed by atoms with Gasteiger partial charge in [0, 0.05) is 5.70 Å². The third-order valence-electron chi connectivity index (χ3n) is 0.629. The van der Waals surface area contributed by atoms with Crippen LogP contribution in [0.2, 0.25) is 0 Å². The van der Waals surface area contributed by atoms with Gasteiger partial charge in [-0.05, 0) is 0 Å². The lowest BCUT2D eigenvalue weighted by molar-refractivity contribution is 0.602. The Kier molecular flexibility index (Phi) is 0.777. The van der Waals surface area contributed by atoms with Gasteiger partial charge in [-0.2, -0.15) is 5.53 Å². The molecule has 0 spiro atoms. The second-order valence-electron chi connectivity index (χ2n) is 1.21. The summed E-state index contributed by atoms with van der Waals surface area (Å²) in [6.07, 6.45) is 0. The summed E-state index contributed by atoms with van der Waals surface area (Å²) in [4.78, 5) is 0. The van der Waals surface area contributed by atoms with Gasteiger partial charge in [0.05, 0.1) is 6.54 Å². The summed E-state index contributed by atoms with van der Waals surface area (Å²) >= 11 is 0. The quantitative estimate of drug-likeness (QED) is 0.357. The van der Waals surface area contributed by atoms with E-state index in [1.807, 2.05) is 0 Å². The van der Waals surface area contributed by atoms with Crippen LogP contribution >= 0.6 is 0 Å². The third-order valence-corrected chi connectivity index (χ3v) is 0.629. The van der Waals surface area contributed by atoms with Gasteiger partial charge >= 0.3 is 0 Å². The van der Waals surface area contributed by atoms with Crippen LogP contribution in [0.4, 0.5) is 0 Å². The van der Waals surface area contributed by atoms with Crippen molar-refractivity contribution in [2.24, 2.45) is 0 Å². The molecule has 6 heavy (non-hydrogen) atoms. The first-order valence-corrected chi connectivity index (χ1v) is 1.81. The summed E-state index contributed by atoms with van der Waals surface area (Å²) in [5.41, 5.74) is 9.23. The largest absolute Gasteiger partial charge is 0.312 e. The van der Waals surface area contributed by atoms with Crippen LogP contribution < -0.4 is 16.4 Å². The predicted octanol–water partition coefficient (Wildman–Crippen LogP) is -0.888. The molecule has 3 heteroatoms. The molecule has 0 aliphatic carbocycles. The molecule has 0 aromatic carbocycles. The molecule has 1 aliphatic heterocycles. The van der Waals surface area contributed by atoms with Crippen molar-refractivity contribution in [3.8, 4) is 0 Å². The minimum absolute atomic E-state index is 0.819. The Balaban J connectivity index is 2.37. The van der Waals surface area contributed by atoms with E-state index in [2.05, 4.69) is 23.0 Å². The molecular weight excluding hydrogens is 78.1 g/mol. The second kappa shape index (κ2) is 1.28. The van der Waals surface area contributed by atoms with Crippen molar-refractivity contribution in [3.05, 3.63) is 12.3 Å². The average molecular weight is 85.1 g/mol. The van der Waals surface area contributed by atoms with E-state index in [-0.39, 0.29) is 0 Å². The van der Waals surface area contributed by atoms with Crippen LogP contribution in [0.3, 0.4) is 0 Å². The van der Waals surface area contributed by atoms with Crippen LogP contribution in [0, 0.1) is 0 Å². The molecule has 1 rings (SSSR count). The van der Waals surface area contributed by atoms with Gasteiger partial charge in [-0.25, -0.2) is 5.43 Å². The van der Waals surface area contributed by atoms with Crippen molar-refractivity contribution < 1.29 is 0 Å². The molecule has 0 atom stereocenters. The average Bonchev–Trinajstić information content (AvgIpc) is 1.86. The number of hydrazine groups is 2. The van der Waals surface area contributed by atoms with Gasteiger partial charge in [0.25, 0.3) is 0 Å². The third kappa shape index (κ3) is 0.502. The summed E-state index contributed by atoms with van der Waals surface area (Å²) in [5, 5.41) is 0. The van der Waals surface area contributed by atoms with E-state index in [0.29, 0.717) is 0 Å². The Bertz CT molecular complexity index is 60.4. The standard InChI is InChI=1S/C3H7N3/c1-3-2-4-6-5-3/h4-6H,1-2H2. The van der Waals surface area contributed by atoms with Crippen molar-refractivity contribution >= 4 is 0 Å². The fourth-order valence-corrected chi connectivity index (χ4v) is 0.328. The van der Waals surface area contributed by atoms with E-state index in [4.69, 9.17) is 0 Å². The monoisotopic (exact) mass is 85.1 g/mol. The lowest BCUT2D eigenvalue weighted by atomic mass is 10.5. The number of hydrogen-bond acceptors (Lipinski definition) is 3. The molecule has 0 aromatic heterocycles. The Hall–Kier alpha value is -0.540. The summed E-state index contributed by atoms with van der Waals surface area (Å²) in [7, 11) is 0. The fourth-order valence-electron chi connectivity index (χ4n) is 0.328. The zero-order chi connectivity index (χ0) is 4.41. The lowest BCUT2D eigenvalue weighted by Crippen LogP contribution is -2.29. The molecule has 0 unspecified atom stereocenters. The maximum absolute atomic E-state index is 3.62. The zero-order valence-corrected chi connectivity index (χ0v) is 3.41. The van der Waals surface area contributed by atoms with Crippen LogP contribution in [-0.4, -0.2) is 6.54 Å². The van der Waals surface area contributed by atoms with Crippen molar-refractivity contribution in [2.45, 2.75) is 0 Å². The van der Waals surface area contributed by atoms with E-state index in [1.54, 1.807) is 0 Å². The van der Waals surface area contributed by atoms with Gasteiger partial charge in [-0.15, -0.1) is 0 Å². The molecule has 3 nitrogen and oxygen atoms in total. The molecule has 1 heterocycles. The smallest absolute Gasteiger partial charge is 0.0524 e. The summed E-state index contributed by atoms with van der Waals surface area (Å²) in [5.74, 6) is 0. The molecule has 0 saturated carbocycles. The van der Waals surface area contributed by atoms with E-state index < -0.39 is 0 Å². The maximum Gasteiger partial charge on any atom is 0.0524 e. The molecular formula is C3H7N3. The van der Waals surface area contributed by atoms with Crippen molar-refractivity contribution in [2.75, 3.05) is 6.54 Å². The summed E-state index contributed by atoms with van der Waals surface area (Å²) in [6.45, 7) is 4.44. The SMILES string of the molecule is C=C1CNNN1. The first kappa shape index (κ1) is 3.64. The molecule has 0 bridgehead atoms. The Labute approximate surface area is 36.4 Å². The number of rotatable bonds is 0. The Morgan fingerprint density at radius 1 is 1.67 bits per heavy atom. The van der Waals surface area contributed by atoms with Gasteiger partial charge in [-0.1, -0.05) is 6.58 Å². The molecule has 0 aromatic rings. The van der Waals surface area contributed by atoms with Crippen LogP contribution in [0.1, 0.15) is 0 Å². The molecule has 0 amide bonds. The topological polar surface area (TPSA) is 36.1 Å². The van der Waals surface area contributed by atoms with Crippen LogP contribution in [-0.2, 0) is 0 Å².